The summed E-state index contributed by atoms with van der Waals surface area (Å²) in [5, 5.41) is 0. The smallest absolute Gasteiger partial charge is 0.184 e. The first-order valence-corrected chi connectivity index (χ1v) is 10.00. The van der Waals surface area contributed by atoms with Crippen LogP contribution in [0.5, 0.6) is 0 Å². The van der Waals surface area contributed by atoms with Crippen molar-refractivity contribution < 1.29 is 8.42 Å². The Labute approximate surface area is 134 Å². The Balaban J connectivity index is 1.78. The van der Waals surface area contributed by atoms with Gasteiger partial charge in [0, 0.05) is 0 Å². The minimum absolute atomic E-state index is 0.0138. The molecule has 0 radical (unpaired) electrons. The van der Waals surface area contributed by atoms with Crippen LogP contribution in [0, 0.1) is 22.7 Å². The van der Waals surface area contributed by atoms with E-state index in [0.717, 1.165) is 19.3 Å². The van der Waals surface area contributed by atoms with Crippen LogP contribution in [0.1, 0.15) is 52.9 Å². The van der Waals surface area contributed by atoms with Gasteiger partial charge in [-0.1, -0.05) is 39.0 Å². The highest BCUT2D eigenvalue weighted by Gasteiger charge is 2.74. The lowest BCUT2D eigenvalue weighted by Gasteiger charge is -2.55. The van der Waals surface area contributed by atoms with Gasteiger partial charge in [0.15, 0.2) is 9.84 Å². The van der Waals surface area contributed by atoms with Gasteiger partial charge in [-0.05, 0) is 66.9 Å². The Hall–Kier alpha value is -0.830. The molecule has 1 aromatic carbocycles. The van der Waals surface area contributed by atoms with Crippen LogP contribution in [0.2, 0.25) is 0 Å². The van der Waals surface area contributed by atoms with E-state index in [0.29, 0.717) is 22.1 Å². The maximum Gasteiger partial charge on any atom is 0.184 e. The molecule has 3 saturated carbocycles. The fourth-order valence-corrected chi connectivity index (χ4v) is 8.75. The van der Waals surface area contributed by atoms with Gasteiger partial charge >= 0.3 is 0 Å². The predicted octanol–water partition coefficient (Wildman–Crippen LogP) is 4.46. The monoisotopic (exact) mass is 318 g/mol. The fourth-order valence-electron chi connectivity index (χ4n) is 6.11. The van der Waals surface area contributed by atoms with Crippen molar-refractivity contribution in [1.29, 1.82) is 0 Å². The molecule has 22 heavy (non-hydrogen) atoms. The second kappa shape index (κ2) is 4.17. The van der Waals surface area contributed by atoms with E-state index in [2.05, 4.69) is 20.8 Å². The summed E-state index contributed by atoms with van der Waals surface area (Å²) in [6.45, 7) is 6.96. The molecule has 3 aliphatic carbocycles. The van der Waals surface area contributed by atoms with Gasteiger partial charge in [0.2, 0.25) is 0 Å². The largest absolute Gasteiger partial charge is 0.223 e. The van der Waals surface area contributed by atoms with Gasteiger partial charge in [0.1, 0.15) is 0 Å². The number of rotatable bonds is 2. The van der Waals surface area contributed by atoms with Gasteiger partial charge in [-0.25, -0.2) is 8.42 Å². The van der Waals surface area contributed by atoms with Crippen LogP contribution in [0.4, 0.5) is 0 Å². The Kier molecular flexibility index (Phi) is 2.79. The van der Waals surface area contributed by atoms with Gasteiger partial charge in [-0.15, -0.1) is 0 Å². The third-order valence-corrected chi connectivity index (χ3v) is 9.98. The molecule has 0 saturated heterocycles. The van der Waals surface area contributed by atoms with E-state index in [1.807, 2.05) is 18.2 Å². The molecule has 4 atom stereocenters. The summed E-state index contributed by atoms with van der Waals surface area (Å²) in [7, 11) is -3.24. The standard InChI is InChI=1S/C19H26O2S/c1-17(2)11-14-12-19(10-9-18(19,3)16(14)13-17)22(20,21)15-7-5-4-6-8-15/h4-8,14,16H,9-13H2,1-3H3/t14-,16-,18+,19+/m1/s1. The van der Waals surface area contributed by atoms with E-state index in [9.17, 15) is 8.42 Å². The zero-order chi connectivity index (χ0) is 15.8. The SMILES string of the molecule is CC1(C)C[C@@H]2C[C@@]3(S(=O)(=O)c4ccccc4)CC[C@@]3(C)[C@@H]2C1. The fraction of sp³-hybridized carbons (Fsp3) is 0.684. The Bertz CT molecular complexity index is 706. The van der Waals surface area contributed by atoms with Crippen LogP contribution < -0.4 is 0 Å². The average molecular weight is 318 g/mol. The van der Waals surface area contributed by atoms with Crippen LogP contribution in [-0.2, 0) is 9.84 Å². The first kappa shape index (κ1) is 14.7. The van der Waals surface area contributed by atoms with Crippen LogP contribution in [0.3, 0.4) is 0 Å². The summed E-state index contributed by atoms with van der Waals surface area (Å²) >= 11 is 0. The summed E-state index contributed by atoms with van der Waals surface area (Å²) in [4.78, 5) is 0.528. The first-order chi connectivity index (χ1) is 10.2. The zero-order valence-electron chi connectivity index (χ0n) is 13.8. The third-order valence-electron chi connectivity index (χ3n) is 7.22. The quantitative estimate of drug-likeness (QED) is 0.807. The highest BCUT2D eigenvalue weighted by Crippen LogP contribution is 2.74. The minimum Gasteiger partial charge on any atom is -0.223 e. The normalized spacial score (nSPS) is 42.5. The number of hydrogen-bond acceptors (Lipinski definition) is 2. The lowest BCUT2D eigenvalue weighted by molar-refractivity contribution is 0.0506. The highest BCUT2D eigenvalue weighted by atomic mass is 32.2. The van der Waals surface area contributed by atoms with Crippen molar-refractivity contribution in [2.24, 2.45) is 22.7 Å². The van der Waals surface area contributed by atoms with Crippen molar-refractivity contribution >= 4 is 9.84 Å². The van der Waals surface area contributed by atoms with Crippen molar-refractivity contribution in [2.75, 3.05) is 0 Å². The predicted molar refractivity (Wildman–Crippen MR) is 88.3 cm³/mol. The molecule has 0 aliphatic heterocycles. The summed E-state index contributed by atoms with van der Waals surface area (Å²) in [5.74, 6) is 1.19. The number of hydrogen-bond donors (Lipinski definition) is 0. The summed E-state index contributed by atoms with van der Waals surface area (Å²) in [6, 6.07) is 9.14. The van der Waals surface area contributed by atoms with Gasteiger partial charge in [-0.3, -0.25) is 0 Å². The third kappa shape index (κ3) is 1.59. The molecule has 0 amide bonds. The van der Waals surface area contributed by atoms with Crippen molar-refractivity contribution in [1.82, 2.24) is 0 Å². The Morgan fingerprint density at radius 2 is 1.64 bits per heavy atom. The molecule has 0 spiro atoms. The first-order valence-electron chi connectivity index (χ1n) is 8.52. The van der Waals surface area contributed by atoms with Gasteiger partial charge < -0.3 is 0 Å². The summed E-state index contributed by atoms with van der Waals surface area (Å²) < 4.78 is 26.3. The van der Waals surface area contributed by atoms with E-state index >= 15 is 0 Å². The number of fused-ring (bicyclic) bond motifs is 3. The maximum atomic E-state index is 13.4. The summed E-state index contributed by atoms with van der Waals surface area (Å²) in [5.41, 5.74) is 0.372. The second-order valence-electron chi connectivity index (χ2n) is 8.87. The van der Waals surface area contributed by atoms with Crippen molar-refractivity contribution in [3.8, 4) is 0 Å². The molecule has 3 fully saturated rings. The number of benzene rings is 1. The molecule has 4 rings (SSSR count). The van der Waals surface area contributed by atoms with Crippen molar-refractivity contribution in [2.45, 2.75) is 62.5 Å². The molecular formula is C19H26O2S. The molecule has 120 valence electrons. The summed E-state index contributed by atoms with van der Waals surface area (Å²) in [6.07, 6.45) is 5.21. The van der Waals surface area contributed by atoms with E-state index in [-0.39, 0.29) is 5.41 Å². The molecular weight excluding hydrogens is 292 g/mol. The van der Waals surface area contributed by atoms with E-state index in [4.69, 9.17) is 0 Å². The lowest BCUT2D eigenvalue weighted by atomic mass is 9.58. The van der Waals surface area contributed by atoms with Gasteiger partial charge in [0.05, 0.1) is 9.64 Å². The minimum atomic E-state index is -3.24. The van der Waals surface area contributed by atoms with E-state index < -0.39 is 14.6 Å². The van der Waals surface area contributed by atoms with E-state index in [1.165, 1.54) is 12.8 Å². The second-order valence-corrected chi connectivity index (χ2v) is 11.1. The molecule has 0 bridgehead atoms. The Morgan fingerprint density at radius 3 is 2.23 bits per heavy atom. The van der Waals surface area contributed by atoms with E-state index in [1.54, 1.807) is 12.1 Å². The molecule has 0 unspecified atom stereocenters. The Morgan fingerprint density at radius 1 is 0.955 bits per heavy atom. The van der Waals surface area contributed by atoms with Crippen molar-refractivity contribution in [3.63, 3.8) is 0 Å². The van der Waals surface area contributed by atoms with Crippen molar-refractivity contribution in [3.05, 3.63) is 30.3 Å². The molecule has 2 nitrogen and oxygen atoms in total. The molecule has 3 aliphatic rings. The molecule has 3 heteroatoms. The van der Waals surface area contributed by atoms with Crippen LogP contribution in [0.25, 0.3) is 0 Å². The molecule has 0 aromatic heterocycles. The number of sulfone groups is 1. The van der Waals surface area contributed by atoms with Crippen LogP contribution in [-0.4, -0.2) is 13.2 Å². The lowest BCUT2D eigenvalue weighted by Crippen LogP contribution is -2.59. The topological polar surface area (TPSA) is 34.1 Å². The zero-order valence-corrected chi connectivity index (χ0v) is 14.6. The van der Waals surface area contributed by atoms with Crippen LogP contribution in [0.15, 0.2) is 35.2 Å². The average Bonchev–Trinajstić information content (AvgIpc) is 2.84. The highest BCUT2D eigenvalue weighted by molar-refractivity contribution is 7.93. The molecule has 0 N–H and O–H groups in total. The van der Waals surface area contributed by atoms with Crippen LogP contribution >= 0.6 is 0 Å². The van der Waals surface area contributed by atoms with Gasteiger partial charge in [-0.2, -0.15) is 0 Å². The molecule has 0 heterocycles. The molecule has 1 aromatic rings. The van der Waals surface area contributed by atoms with Gasteiger partial charge in [0.25, 0.3) is 0 Å². The maximum absolute atomic E-state index is 13.4.